The molecule has 1 aromatic heterocycles. The Morgan fingerprint density at radius 3 is 3.14 bits per heavy atom. The number of carbonyl (C=O) groups is 2. The van der Waals surface area contributed by atoms with E-state index in [9.17, 15) is 9.59 Å². The number of rotatable bonds is 4. The van der Waals surface area contributed by atoms with Crippen LogP contribution in [0.3, 0.4) is 0 Å². The van der Waals surface area contributed by atoms with Crippen molar-refractivity contribution >= 4 is 40.3 Å². The molecular formula is C11H11IN6O3. The third-order valence-corrected chi connectivity index (χ3v) is 3.49. The van der Waals surface area contributed by atoms with Crippen molar-refractivity contribution in [2.45, 2.75) is 6.42 Å². The predicted molar refractivity (Wildman–Crippen MR) is 80.6 cm³/mol. The van der Waals surface area contributed by atoms with Crippen LogP contribution in [0.4, 0.5) is 5.82 Å². The largest absolute Gasteiger partial charge is 0.464 e. The maximum Gasteiger partial charge on any atom is 0.360 e. The Bertz CT molecular complexity index is 630. The van der Waals surface area contributed by atoms with E-state index in [1.54, 1.807) is 0 Å². The van der Waals surface area contributed by atoms with Gasteiger partial charge in [0.25, 0.3) is 0 Å². The topological polar surface area (TPSA) is 121 Å². The zero-order valence-electron chi connectivity index (χ0n) is 11.1. The number of methoxy groups -OCH3 is 1. The fourth-order valence-electron chi connectivity index (χ4n) is 2.05. The van der Waals surface area contributed by atoms with E-state index < -0.39 is 5.97 Å². The molecule has 2 rings (SSSR count). The van der Waals surface area contributed by atoms with Crippen LogP contribution < -0.4 is 4.90 Å². The molecule has 0 N–H and O–H groups in total. The van der Waals surface area contributed by atoms with Crippen molar-refractivity contribution in [1.29, 1.82) is 0 Å². The second-order valence-electron chi connectivity index (χ2n) is 4.34. The van der Waals surface area contributed by atoms with Crippen LogP contribution in [-0.2, 0) is 9.53 Å². The summed E-state index contributed by atoms with van der Waals surface area (Å²) in [5, 5.41) is 3.48. The average Bonchev–Trinajstić information content (AvgIpc) is 2.85. The predicted octanol–water partition coefficient (Wildman–Crippen LogP) is 1.53. The molecule has 0 saturated carbocycles. The third kappa shape index (κ3) is 3.39. The average molecular weight is 402 g/mol. The second-order valence-corrected chi connectivity index (χ2v) is 5.45. The number of nitrogens with zero attached hydrogens (tertiary/aromatic N) is 6. The molecule has 0 radical (unpaired) electrons. The first-order chi connectivity index (χ1) is 10.1. The maximum absolute atomic E-state index is 12.1. The first-order valence-electron chi connectivity index (χ1n) is 5.99. The Labute approximate surface area is 133 Å². The van der Waals surface area contributed by atoms with E-state index in [-0.39, 0.29) is 36.3 Å². The second kappa shape index (κ2) is 6.68. The standard InChI is InChI=1S/C11H11IN6O3/c1-21-11(20)9-10(14-4-7(12)16-9)18-5-6(2-8(18)19)3-15-17-13/h4,6H,2-3,5H2,1H3. The molecular weight excluding hydrogens is 391 g/mol. The third-order valence-electron chi connectivity index (χ3n) is 2.97. The van der Waals surface area contributed by atoms with Gasteiger partial charge in [-0.2, -0.15) is 0 Å². The Balaban J connectivity index is 2.31. The van der Waals surface area contributed by atoms with Gasteiger partial charge in [0.2, 0.25) is 5.91 Å². The van der Waals surface area contributed by atoms with E-state index in [4.69, 9.17) is 5.53 Å². The summed E-state index contributed by atoms with van der Waals surface area (Å²) in [5.74, 6) is -0.758. The summed E-state index contributed by atoms with van der Waals surface area (Å²) >= 11 is 1.92. The number of aromatic nitrogens is 2. The van der Waals surface area contributed by atoms with Crippen LogP contribution in [-0.4, -0.2) is 42.0 Å². The van der Waals surface area contributed by atoms with Gasteiger partial charge in [0.15, 0.2) is 11.5 Å². The van der Waals surface area contributed by atoms with Crippen molar-refractivity contribution in [3.8, 4) is 0 Å². The summed E-state index contributed by atoms with van der Waals surface area (Å²) in [6.45, 7) is 0.557. The minimum absolute atomic E-state index is 0.00202. The van der Waals surface area contributed by atoms with Gasteiger partial charge >= 0.3 is 5.97 Å². The van der Waals surface area contributed by atoms with Crippen molar-refractivity contribution in [1.82, 2.24) is 9.97 Å². The number of amides is 1. The Kier molecular flexibility index (Phi) is 4.91. The molecule has 0 aromatic carbocycles. The fourth-order valence-corrected chi connectivity index (χ4v) is 2.43. The summed E-state index contributed by atoms with van der Waals surface area (Å²) in [6.07, 6.45) is 1.71. The van der Waals surface area contributed by atoms with Crippen molar-refractivity contribution in [2.75, 3.05) is 25.1 Å². The molecule has 1 fully saturated rings. The Morgan fingerprint density at radius 1 is 1.71 bits per heavy atom. The number of hydrogen-bond acceptors (Lipinski definition) is 6. The van der Waals surface area contributed by atoms with Gasteiger partial charge < -0.3 is 4.74 Å². The van der Waals surface area contributed by atoms with Crippen LogP contribution in [0, 0.1) is 9.62 Å². The van der Waals surface area contributed by atoms with Crippen LogP contribution in [0.15, 0.2) is 11.3 Å². The summed E-state index contributed by atoms with van der Waals surface area (Å²) in [6, 6.07) is 0. The number of esters is 1. The highest BCUT2D eigenvalue weighted by Gasteiger charge is 2.34. The van der Waals surface area contributed by atoms with Crippen LogP contribution >= 0.6 is 22.6 Å². The monoisotopic (exact) mass is 402 g/mol. The lowest BCUT2D eigenvalue weighted by Gasteiger charge is -2.17. The van der Waals surface area contributed by atoms with Gasteiger partial charge in [0.1, 0.15) is 3.70 Å². The number of hydrogen-bond donors (Lipinski definition) is 0. The summed E-state index contributed by atoms with van der Waals surface area (Å²) < 4.78 is 5.19. The van der Waals surface area contributed by atoms with Gasteiger partial charge in [-0.1, -0.05) is 5.11 Å². The number of carbonyl (C=O) groups excluding carboxylic acids is 2. The van der Waals surface area contributed by atoms with Crippen molar-refractivity contribution in [2.24, 2.45) is 11.0 Å². The molecule has 0 aliphatic carbocycles. The number of anilines is 1. The van der Waals surface area contributed by atoms with Crippen molar-refractivity contribution in [3.63, 3.8) is 0 Å². The number of ether oxygens (including phenoxy) is 1. The summed E-state index contributed by atoms with van der Waals surface area (Å²) in [5.41, 5.74) is 8.33. The first-order valence-corrected chi connectivity index (χ1v) is 7.06. The highest BCUT2D eigenvalue weighted by atomic mass is 127. The van der Waals surface area contributed by atoms with Gasteiger partial charge in [-0.3, -0.25) is 9.69 Å². The normalized spacial score (nSPS) is 17.5. The highest BCUT2D eigenvalue weighted by molar-refractivity contribution is 14.1. The van der Waals surface area contributed by atoms with E-state index in [1.807, 2.05) is 22.6 Å². The molecule has 21 heavy (non-hydrogen) atoms. The van der Waals surface area contributed by atoms with E-state index in [0.717, 1.165) is 0 Å². The Morgan fingerprint density at radius 2 is 2.48 bits per heavy atom. The van der Waals surface area contributed by atoms with Gasteiger partial charge in [0.05, 0.1) is 13.3 Å². The molecule has 1 saturated heterocycles. The molecule has 1 unspecified atom stereocenters. The lowest BCUT2D eigenvalue weighted by atomic mass is 10.1. The summed E-state index contributed by atoms with van der Waals surface area (Å²) in [7, 11) is 1.24. The van der Waals surface area contributed by atoms with E-state index in [2.05, 4.69) is 24.7 Å². The molecule has 2 heterocycles. The molecule has 10 heteroatoms. The van der Waals surface area contributed by atoms with Gasteiger partial charge in [0, 0.05) is 24.4 Å². The molecule has 0 bridgehead atoms. The lowest BCUT2D eigenvalue weighted by molar-refractivity contribution is -0.117. The molecule has 1 atom stereocenters. The Hall–Kier alpha value is -1.94. The minimum Gasteiger partial charge on any atom is -0.464 e. The fraction of sp³-hybridized carbons (Fsp3) is 0.455. The van der Waals surface area contributed by atoms with Crippen molar-refractivity contribution in [3.05, 3.63) is 26.0 Å². The number of halogens is 1. The molecule has 1 aliphatic heterocycles. The van der Waals surface area contributed by atoms with Crippen LogP contribution in [0.25, 0.3) is 10.4 Å². The van der Waals surface area contributed by atoms with Gasteiger partial charge in [-0.25, -0.2) is 14.8 Å². The molecule has 1 amide bonds. The van der Waals surface area contributed by atoms with Gasteiger partial charge in [-0.15, -0.1) is 0 Å². The quantitative estimate of drug-likeness (QED) is 0.249. The molecule has 0 spiro atoms. The van der Waals surface area contributed by atoms with Crippen LogP contribution in [0.5, 0.6) is 0 Å². The smallest absolute Gasteiger partial charge is 0.360 e. The summed E-state index contributed by atoms with van der Waals surface area (Å²) in [4.78, 5) is 36.1. The van der Waals surface area contributed by atoms with Crippen LogP contribution in [0.1, 0.15) is 16.9 Å². The van der Waals surface area contributed by atoms with Crippen molar-refractivity contribution < 1.29 is 14.3 Å². The highest BCUT2D eigenvalue weighted by Crippen LogP contribution is 2.26. The number of azide groups is 1. The SMILES string of the molecule is COC(=O)c1nc(I)cnc1N1CC(CN=[N+]=[N-])CC1=O. The molecule has 1 aromatic rings. The molecule has 9 nitrogen and oxygen atoms in total. The zero-order chi connectivity index (χ0) is 15.4. The zero-order valence-corrected chi connectivity index (χ0v) is 13.2. The van der Waals surface area contributed by atoms with Gasteiger partial charge in [-0.05, 0) is 34.0 Å². The van der Waals surface area contributed by atoms with E-state index in [1.165, 1.54) is 18.2 Å². The van der Waals surface area contributed by atoms with Crippen LogP contribution in [0.2, 0.25) is 0 Å². The maximum atomic E-state index is 12.1. The molecule has 1 aliphatic rings. The van der Waals surface area contributed by atoms with E-state index in [0.29, 0.717) is 10.2 Å². The molecule has 110 valence electrons. The van der Waals surface area contributed by atoms with E-state index >= 15 is 0 Å². The lowest BCUT2D eigenvalue weighted by Crippen LogP contribution is -2.29. The minimum atomic E-state index is -0.651. The first kappa shape index (κ1) is 15.4.